The van der Waals surface area contributed by atoms with Gasteiger partial charge >= 0.3 is 19.7 Å². The van der Waals surface area contributed by atoms with Crippen molar-refractivity contribution in [1.29, 1.82) is 0 Å². The van der Waals surface area contributed by atoms with Crippen LogP contribution in [0.3, 0.4) is 0 Å². The van der Waals surface area contributed by atoms with Crippen LogP contribution in [-0.2, 0) is 21.1 Å². The molecule has 0 fully saturated rings. The summed E-state index contributed by atoms with van der Waals surface area (Å²) in [5.74, 6) is -0.657. The lowest BCUT2D eigenvalue weighted by Gasteiger charge is -2.33. The van der Waals surface area contributed by atoms with Gasteiger partial charge in [0.05, 0.1) is 11.1 Å². The number of halogens is 6. The van der Waals surface area contributed by atoms with Gasteiger partial charge in [-0.15, -0.1) is 0 Å². The van der Waals surface area contributed by atoms with E-state index in [9.17, 15) is 26.3 Å². The summed E-state index contributed by atoms with van der Waals surface area (Å²) < 4.78 is 102. The van der Waals surface area contributed by atoms with Crippen LogP contribution in [0.25, 0.3) is 0 Å². The highest BCUT2D eigenvalue weighted by molar-refractivity contribution is 7.92. The predicted molar refractivity (Wildman–Crippen MR) is 167 cm³/mol. The van der Waals surface area contributed by atoms with E-state index in [1.165, 1.54) is 0 Å². The summed E-state index contributed by atoms with van der Waals surface area (Å²) in [4.78, 5) is 0. The first kappa shape index (κ1) is 33.8. The first-order valence-corrected chi connectivity index (χ1v) is 18.5. The minimum absolute atomic E-state index is 0.0714. The fourth-order valence-corrected chi connectivity index (χ4v) is 11.0. The quantitative estimate of drug-likeness (QED) is 0.0871. The average Bonchev–Trinajstić information content (AvgIpc) is 3.02. The van der Waals surface area contributed by atoms with Gasteiger partial charge in [-0.1, -0.05) is 75.4 Å². The lowest BCUT2D eigenvalue weighted by Crippen LogP contribution is -2.48. The summed E-state index contributed by atoms with van der Waals surface area (Å²) in [5, 5.41) is 2.31. The van der Waals surface area contributed by atoms with E-state index in [4.69, 9.17) is 13.4 Å². The molecule has 0 atom stereocenters. The summed E-state index contributed by atoms with van der Waals surface area (Å²) in [6.45, 7) is 5.86. The molecule has 4 rings (SSSR count). The SMILES string of the molecule is CC[Si](CC)(CC)OB(Oc1cc(C(F)(F)F)cc(C(F)(F)F)c1)O[P+](c1ccccc1)(c1ccccc1)c1ccccc1. The minimum atomic E-state index is -5.04. The standard InChI is InChI=1S/C32H33BF6O3PSi/c1-4-44(5-2,6-3)42-33(40-27-23-25(31(34,35)36)22-26(24-27)32(37,38)39)41-43(28-16-10-7-11-17-28,29-18-12-8-13-19-29)30-20-14-9-15-21-30/h7-24H,4-6H2,1-3H3/q+1. The Labute approximate surface area is 255 Å². The summed E-state index contributed by atoms with van der Waals surface area (Å²) in [7, 11) is -7.36. The summed E-state index contributed by atoms with van der Waals surface area (Å²) in [6.07, 6.45) is -10.1. The monoisotopic (exact) mass is 649 g/mol. The molecule has 0 aromatic heterocycles. The fourth-order valence-electron chi connectivity index (χ4n) is 5.05. The molecule has 0 N–H and O–H groups in total. The molecule has 0 saturated carbocycles. The number of hydrogen-bond donors (Lipinski definition) is 0. The van der Waals surface area contributed by atoms with Gasteiger partial charge in [0.2, 0.25) is 7.49 Å². The second-order valence-electron chi connectivity index (χ2n) is 10.2. The van der Waals surface area contributed by atoms with E-state index in [1.807, 2.05) is 112 Å². The maximum absolute atomic E-state index is 13.8. The molecule has 0 spiro atoms. The molecule has 0 amide bonds. The van der Waals surface area contributed by atoms with Crippen LogP contribution in [0.4, 0.5) is 26.3 Å². The molecule has 44 heavy (non-hydrogen) atoms. The Kier molecular flexibility index (Phi) is 10.7. The summed E-state index contributed by atoms with van der Waals surface area (Å²) in [6, 6.07) is 31.1. The third kappa shape index (κ3) is 7.57. The van der Waals surface area contributed by atoms with Crippen LogP contribution in [0.2, 0.25) is 18.1 Å². The normalized spacial score (nSPS) is 12.7. The Morgan fingerprint density at radius 1 is 0.591 bits per heavy atom. The Balaban J connectivity index is 1.96. The molecule has 0 saturated heterocycles. The highest BCUT2D eigenvalue weighted by Gasteiger charge is 2.55. The van der Waals surface area contributed by atoms with E-state index in [1.54, 1.807) is 0 Å². The smallest absolute Gasteiger partial charge is 0.510 e. The maximum atomic E-state index is 13.8. The van der Waals surface area contributed by atoms with Crippen molar-refractivity contribution in [3.63, 3.8) is 0 Å². The Hall–Kier alpha value is -3.11. The van der Waals surface area contributed by atoms with Gasteiger partial charge in [0.1, 0.15) is 21.7 Å². The first-order valence-electron chi connectivity index (χ1n) is 14.2. The largest absolute Gasteiger partial charge is 0.740 e. The number of benzene rings is 4. The molecule has 232 valence electrons. The van der Waals surface area contributed by atoms with Crippen LogP contribution < -0.4 is 20.6 Å². The topological polar surface area (TPSA) is 27.7 Å². The zero-order valence-corrected chi connectivity index (χ0v) is 26.4. The van der Waals surface area contributed by atoms with Crippen molar-refractivity contribution in [2.45, 2.75) is 51.3 Å². The molecule has 3 nitrogen and oxygen atoms in total. The molecule has 0 unspecified atom stereocenters. The molecule has 0 aliphatic carbocycles. The Morgan fingerprint density at radius 2 is 0.955 bits per heavy atom. The van der Waals surface area contributed by atoms with Crippen molar-refractivity contribution in [3.8, 4) is 5.75 Å². The minimum Gasteiger partial charge on any atom is -0.510 e. The van der Waals surface area contributed by atoms with Crippen molar-refractivity contribution in [2.75, 3.05) is 0 Å². The van der Waals surface area contributed by atoms with Gasteiger partial charge in [0.25, 0.3) is 0 Å². The predicted octanol–water partition coefficient (Wildman–Crippen LogP) is 9.04. The van der Waals surface area contributed by atoms with E-state index in [0.717, 1.165) is 15.9 Å². The Bertz CT molecular complexity index is 1350. The molecule has 0 heterocycles. The number of alkyl halides is 6. The molecular weight excluding hydrogens is 616 g/mol. The summed E-state index contributed by atoms with van der Waals surface area (Å²) >= 11 is 0. The highest BCUT2D eigenvalue weighted by Crippen LogP contribution is 2.57. The van der Waals surface area contributed by atoms with Crippen molar-refractivity contribution in [3.05, 3.63) is 120 Å². The molecule has 0 aliphatic heterocycles. The lowest BCUT2D eigenvalue weighted by molar-refractivity contribution is -0.143. The van der Waals surface area contributed by atoms with Crippen LogP contribution in [-0.4, -0.2) is 15.6 Å². The van der Waals surface area contributed by atoms with Gasteiger partial charge in [-0.2, -0.15) is 30.8 Å². The molecule has 4 aromatic carbocycles. The third-order valence-electron chi connectivity index (χ3n) is 7.68. The van der Waals surface area contributed by atoms with E-state index in [-0.39, 0.29) is 6.07 Å². The van der Waals surface area contributed by atoms with E-state index in [2.05, 4.69) is 0 Å². The van der Waals surface area contributed by atoms with E-state index in [0.29, 0.717) is 30.3 Å². The molecule has 0 bridgehead atoms. The van der Waals surface area contributed by atoms with Gasteiger partial charge < -0.3 is 9.00 Å². The number of rotatable bonds is 12. The van der Waals surface area contributed by atoms with Crippen molar-refractivity contribution < 1.29 is 39.8 Å². The second kappa shape index (κ2) is 13.9. The van der Waals surface area contributed by atoms with Gasteiger partial charge in [0, 0.05) is 0 Å². The van der Waals surface area contributed by atoms with E-state index >= 15 is 0 Å². The highest BCUT2D eigenvalue weighted by atomic mass is 31.2. The van der Waals surface area contributed by atoms with Crippen LogP contribution in [0, 0.1) is 0 Å². The van der Waals surface area contributed by atoms with Gasteiger partial charge in [-0.3, -0.25) is 0 Å². The molecule has 4 aromatic rings. The Morgan fingerprint density at radius 3 is 1.27 bits per heavy atom. The molecule has 12 heteroatoms. The molecule has 0 aliphatic rings. The maximum Gasteiger partial charge on any atom is 0.740 e. The van der Waals surface area contributed by atoms with Crippen LogP contribution in [0.15, 0.2) is 109 Å². The first-order chi connectivity index (χ1) is 20.9. The second-order valence-corrected chi connectivity index (χ2v) is 17.9. The number of hydrogen-bond acceptors (Lipinski definition) is 3. The fraction of sp³-hybridized carbons (Fsp3) is 0.250. The van der Waals surface area contributed by atoms with E-state index < -0.39 is 52.4 Å². The lowest BCUT2D eigenvalue weighted by atomic mass is 10.1. The third-order valence-corrected chi connectivity index (χ3v) is 15.8. The van der Waals surface area contributed by atoms with Crippen LogP contribution in [0.5, 0.6) is 5.75 Å². The zero-order valence-electron chi connectivity index (χ0n) is 24.5. The van der Waals surface area contributed by atoms with Crippen LogP contribution >= 0.6 is 7.49 Å². The van der Waals surface area contributed by atoms with Gasteiger partial charge in [0.15, 0.2) is 8.32 Å². The van der Waals surface area contributed by atoms with Gasteiger partial charge in [-0.25, -0.2) is 0 Å². The summed E-state index contributed by atoms with van der Waals surface area (Å²) in [5.41, 5.74) is -2.97. The van der Waals surface area contributed by atoms with Crippen molar-refractivity contribution in [1.82, 2.24) is 0 Å². The van der Waals surface area contributed by atoms with Crippen LogP contribution in [0.1, 0.15) is 31.9 Å². The van der Waals surface area contributed by atoms with Crippen molar-refractivity contribution >= 4 is 39.0 Å². The zero-order chi connectivity index (χ0) is 32.0. The van der Waals surface area contributed by atoms with Crippen molar-refractivity contribution in [2.24, 2.45) is 0 Å². The van der Waals surface area contributed by atoms with Gasteiger partial charge in [-0.05, 0) is 72.7 Å². The average molecular weight is 649 g/mol. The molecule has 0 radical (unpaired) electrons. The molecular formula is C32H33BF6O3PSi+.